The Hall–Kier alpha value is -1.57. The van der Waals surface area contributed by atoms with Crippen LogP contribution in [-0.2, 0) is 6.18 Å². The van der Waals surface area contributed by atoms with Crippen LogP contribution in [0.4, 0.5) is 23.7 Å². The minimum atomic E-state index is -4.39. The Morgan fingerprint density at radius 2 is 1.92 bits per heavy atom. The van der Waals surface area contributed by atoms with Crippen LogP contribution in [0.3, 0.4) is 0 Å². The fourth-order valence-electron chi connectivity index (χ4n) is 2.47. The van der Waals surface area contributed by atoms with Crippen molar-refractivity contribution in [2.24, 2.45) is 0 Å². The third-order valence-electron chi connectivity index (χ3n) is 3.64. The standard InChI is InChI=1S/C14H17F3N2O2S.C3H8.H2/c1-22-12-3-2-10(8-11(12)14(15,16)17)18-9-4-6-19(7-5-9)13(20)21;1-3-2;/h2-3,8-9,18H,4-7H2,1H3,(H,20,21);3H2,1-2H3;1H. The van der Waals surface area contributed by atoms with Gasteiger partial charge in [0.25, 0.3) is 0 Å². The second kappa shape index (κ2) is 9.79. The summed E-state index contributed by atoms with van der Waals surface area (Å²) in [6, 6.07) is 4.19. The van der Waals surface area contributed by atoms with E-state index in [1.54, 1.807) is 12.3 Å². The molecule has 1 amide bonds. The fourth-order valence-corrected chi connectivity index (χ4v) is 3.07. The van der Waals surface area contributed by atoms with Crippen molar-refractivity contribution < 1.29 is 24.5 Å². The molecule has 0 bridgehead atoms. The third kappa shape index (κ3) is 6.68. The van der Waals surface area contributed by atoms with Gasteiger partial charge in [0, 0.05) is 31.1 Å². The van der Waals surface area contributed by atoms with Gasteiger partial charge < -0.3 is 15.3 Å². The summed E-state index contributed by atoms with van der Waals surface area (Å²) < 4.78 is 39.1. The number of piperidine rings is 1. The van der Waals surface area contributed by atoms with Gasteiger partial charge in [0.15, 0.2) is 0 Å². The van der Waals surface area contributed by atoms with E-state index in [-0.39, 0.29) is 12.4 Å². The molecule has 1 aromatic rings. The SMILES string of the molecule is CCC.CSc1ccc(NC2CCN(C(=O)O)CC2)cc1C(F)(F)F.[HH]. The summed E-state index contributed by atoms with van der Waals surface area (Å²) in [6.07, 6.45) is -1.32. The molecule has 0 atom stereocenters. The van der Waals surface area contributed by atoms with Crippen LogP contribution in [0.5, 0.6) is 0 Å². The van der Waals surface area contributed by atoms with E-state index >= 15 is 0 Å². The Morgan fingerprint density at radius 1 is 1.36 bits per heavy atom. The molecule has 0 aliphatic carbocycles. The molecule has 1 aliphatic heterocycles. The van der Waals surface area contributed by atoms with Crippen LogP contribution in [-0.4, -0.2) is 41.5 Å². The second-order valence-electron chi connectivity index (χ2n) is 5.81. The zero-order valence-electron chi connectivity index (χ0n) is 14.7. The van der Waals surface area contributed by atoms with Crippen LogP contribution in [0.25, 0.3) is 0 Å². The first-order valence-electron chi connectivity index (χ1n) is 8.22. The van der Waals surface area contributed by atoms with Crippen LogP contribution in [0.15, 0.2) is 23.1 Å². The lowest BCUT2D eigenvalue weighted by Gasteiger charge is -2.31. The molecule has 0 spiro atoms. The number of carboxylic acid groups (broad SMARTS) is 1. The molecule has 144 valence electrons. The highest BCUT2D eigenvalue weighted by Crippen LogP contribution is 2.37. The molecular weight excluding hydrogens is 353 g/mol. The number of anilines is 1. The summed E-state index contributed by atoms with van der Waals surface area (Å²) in [7, 11) is 0. The molecule has 0 unspecified atom stereocenters. The van der Waals surface area contributed by atoms with Gasteiger partial charge in [-0.3, -0.25) is 0 Å². The molecule has 0 saturated carbocycles. The third-order valence-corrected chi connectivity index (χ3v) is 4.44. The Balaban J connectivity index is 0.00000146. The van der Waals surface area contributed by atoms with Crippen LogP contribution >= 0.6 is 11.8 Å². The minimum Gasteiger partial charge on any atom is -0.465 e. The number of likely N-dealkylation sites (tertiary alicyclic amines) is 1. The summed E-state index contributed by atoms with van der Waals surface area (Å²) in [6.45, 7) is 5.03. The molecule has 4 nitrogen and oxygen atoms in total. The van der Waals surface area contributed by atoms with Crippen LogP contribution < -0.4 is 5.32 Å². The average molecular weight is 380 g/mol. The summed E-state index contributed by atoms with van der Waals surface area (Å²) in [5, 5.41) is 12.0. The zero-order chi connectivity index (χ0) is 19.0. The maximum Gasteiger partial charge on any atom is 0.417 e. The largest absolute Gasteiger partial charge is 0.465 e. The van der Waals surface area contributed by atoms with Crippen molar-refractivity contribution in [2.45, 2.75) is 50.2 Å². The van der Waals surface area contributed by atoms with Gasteiger partial charge in [0.1, 0.15) is 0 Å². The first kappa shape index (κ1) is 21.5. The average Bonchev–Trinajstić information content (AvgIpc) is 2.55. The molecule has 2 rings (SSSR count). The van der Waals surface area contributed by atoms with Crippen molar-refractivity contribution in [1.82, 2.24) is 4.90 Å². The smallest absolute Gasteiger partial charge is 0.417 e. The van der Waals surface area contributed by atoms with Crippen molar-refractivity contribution >= 4 is 23.5 Å². The van der Waals surface area contributed by atoms with Gasteiger partial charge in [-0.25, -0.2) is 4.79 Å². The summed E-state index contributed by atoms with van der Waals surface area (Å²) in [4.78, 5) is 12.3. The number of carbonyl (C=O) groups is 1. The normalized spacial score (nSPS) is 15.4. The topological polar surface area (TPSA) is 52.6 Å². The van der Waals surface area contributed by atoms with Gasteiger partial charge >= 0.3 is 12.3 Å². The van der Waals surface area contributed by atoms with Gasteiger partial charge in [-0.1, -0.05) is 20.3 Å². The summed E-state index contributed by atoms with van der Waals surface area (Å²) >= 11 is 1.06. The molecule has 1 aromatic carbocycles. The lowest BCUT2D eigenvalue weighted by molar-refractivity contribution is -0.139. The van der Waals surface area contributed by atoms with Gasteiger partial charge in [0.05, 0.1) is 5.56 Å². The predicted molar refractivity (Wildman–Crippen MR) is 97.5 cm³/mol. The first-order valence-corrected chi connectivity index (χ1v) is 9.45. The molecule has 1 aliphatic rings. The van der Waals surface area contributed by atoms with E-state index in [0.717, 1.165) is 17.8 Å². The van der Waals surface area contributed by atoms with Gasteiger partial charge in [-0.05, 0) is 37.3 Å². The summed E-state index contributed by atoms with van der Waals surface area (Å²) in [5.74, 6) is 0. The van der Waals surface area contributed by atoms with Gasteiger partial charge in [0.2, 0.25) is 0 Å². The Morgan fingerprint density at radius 3 is 2.36 bits per heavy atom. The van der Waals surface area contributed by atoms with E-state index in [2.05, 4.69) is 19.2 Å². The monoisotopic (exact) mass is 380 g/mol. The maximum atomic E-state index is 13.0. The quantitative estimate of drug-likeness (QED) is 0.666. The number of halogens is 3. The second-order valence-corrected chi connectivity index (χ2v) is 6.66. The van der Waals surface area contributed by atoms with Crippen molar-refractivity contribution in [3.63, 3.8) is 0 Å². The number of hydrogen-bond donors (Lipinski definition) is 2. The number of benzene rings is 1. The van der Waals surface area contributed by atoms with E-state index < -0.39 is 17.8 Å². The molecular formula is C17H27F3N2O2S. The molecule has 25 heavy (non-hydrogen) atoms. The highest BCUT2D eigenvalue weighted by Gasteiger charge is 2.33. The van der Waals surface area contributed by atoms with Crippen LogP contribution in [0, 0.1) is 0 Å². The van der Waals surface area contributed by atoms with Crippen LogP contribution in [0.1, 0.15) is 40.1 Å². The van der Waals surface area contributed by atoms with Gasteiger partial charge in [-0.15, -0.1) is 11.8 Å². The molecule has 1 fully saturated rings. The molecule has 1 saturated heterocycles. The number of hydrogen-bond acceptors (Lipinski definition) is 3. The Labute approximate surface area is 152 Å². The highest BCUT2D eigenvalue weighted by molar-refractivity contribution is 7.98. The van der Waals surface area contributed by atoms with Crippen molar-refractivity contribution in [3.8, 4) is 0 Å². The van der Waals surface area contributed by atoms with Gasteiger partial charge in [-0.2, -0.15) is 13.2 Å². The fraction of sp³-hybridized carbons (Fsp3) is 0.588. The number of amides is 1. The van der Waals surface area contributed by atoms with E-state index in [1.807, 2.05) is 0 Å². The van der Waals surface area contributed by atoms with Crippen molar-refractivity contribution in [3.05, 3.63) is 23.8 Å². The Bertz CT molecular complexity index is 565. The van der Waals surface area contributed by atoms with E-state index in [9.17, 15) is 18.0 Å². The number of rotatable bonds is 3. The number of thioether (sulfide) groups is 1. The van der Waals surface area contributed by atoms with Crippen molar-refractivity contribution in [2.75, 3.05) is 24.7 Å². The molecule has 0 radical (unpaired) electrons. The summed E-state index contributed by atoms with van der Waals surface area (Å²) in [5.41, 5.74) is -0.230. The van der Waals surface area contributed by atoms with E-state index in [0.29, 0.717) is 31.6 Å². The minimum absolute atomic E-state index is 0. The number of nitrogens with one attached hydrogen (secondary N) is 1. The zero-order valence-corrected chi connectivity index (χ0v) is 15.5. The molecule has 2 N–H and O–H groups in total. The van der Waals surface area contributed by atoms with Crippen molar-refractivity contribution in [1.29, 1.82) is 0 Å². The highest BCUT2D eigenvalue weighted by atomic mass is 32.2. The maximum absolute atomic E-state index is 13.0. The van der Waals surface area contributed by atoms with E-state index in [1.165, 1.54) is 17.4 Å². The lowest BCUT2D eigenvalue weighted by Crippen LogP contribution is -2.41. The van der Waals surface area contributed by atoms with Crippen LogP contribution in [0.2, 0.25) is 0 Å². The number of nitrogens with zero attached hydrogens (tertiary/aromatic N) is 1. The predicted octanol–water partition coefficient (Wildman–Crippen LogP) is 5.64. The molecule has 8 heteroatoms. The molecule has 0 aromatic heterocycles. The number of alkyl halides is 3. The Kier molecular flexibility index (Phi) is 8.41. The van der Waals surface area contributed by atoms with E-state index in [4.69, 9.17) is 5.11 Å². The first-order chi connectivity index (χ1) is 11.7. The molecule has 1 heterocycles. The lowest BCUT2D eigenvalue weighted by atomic mass is 10.0.